The second-order valence-electron chi connectivity index (χ2n) is 3.71. The highest BCUT2D eigenvalue weighted by Crippen LogP contribution is 2.15. The fraction of sp³-hybridized carbons (Fsp3) is 0.385. The van der Waals surface area contributed by atoms with E-state index >= 15 is 0 Å². The SMILES string of the molecule is CCCC(=O)NC(=S)Nc1ccc(OCC)cc1. The summed E-state index contributed by atoms with van der Waals surface area (Å²) in [5, 5.41) is 5.88. The zero-order valence-corrected chi connectivity index (χ0v) is 11.5. The molecule has 0 bridgehead atoms. The molecule has 0 unspecified atom stereocenters. The minimum absolute atomic E-state index is 0.0686. The Morgan fingerprint density at radius 3 is 2.50 bits per heavy atom. The third-order valence-corrected chi connectivity index (χ3v) is 2.36. The average molecular weight is 266 g/mol. The molecule has 0 aliphatic carbocycles. The highest BCUT2D eigenvalue weighted by Gasteiger charge is 2.03. The molecule has 1 amide bonds. The number of benzene rings is 1. The van der Waals surface area contributed by atoms with Crippen molar-refractivity contribution in [3.05, 3.63) is 24.3 Å². The second-order valence-corrected chi connectivity index (χ2v) is 4.12. The fourth-order valence-electron chi connectivity index (χ4n) is 1.38. The number of hydrogen-bond donors (Lipinski definition) is 2. The molecule has 0 saturated carbocycles. The van der Waals surface area contributed by atoms with Crippen LogP contribution in [0.3, 0.4) is 0 Å². The number of amides is 1. The molecule has 0 aromatic heterocycles. The molecule has 0 heterocycles. The Balaban J connectivity index is 2.46. The van der Waals surface area contributed by atoms with Crippen molar-refractivity contribution in [3.8, 4) is 5.75 Å². The van der Waals surface area contributed by atoms with Crippen molar-refractivity contribution in [2.24, 2.45) is 0 Å². The maximum atomic E-state index is 11.3. The van der Waals surface area contributed by atoms with E-state index in [0.29, 0.717) is 18.1 Å². The molecule has 0 radical (unpaired) electrons. The van der Waals surface area contributed by atoms with Crippen molar-refractivity contribution in [2.45, 2.75) is 26.7 Å². The molecule has 98 valence electrons. The van der Waals surface area contributed by atoms with Gasteiger partial charge in [-0.2, -0.15) is 0 Å². The van der Waals surface area contributed by atoms with E-state index in [2.05, 4.69) is 10.6 Å². The standard InChI is InChI=1S/C13H18N2O2S/c1-3-5-12(16)15-13(18)14-10-6-8-11(9-7-10)17-4-2/h6-9H,3-5H2,1-2H3,(H2,14,15,16,18). The van der Waals surface area contributed by atoms with E-state index in [1.165, 1.54) is 0 Å². The minimum atomic E-state index is -0.0686. The van der Waals surface area contributed by atoms with E-state index in [-0.39, 0.29) is 5.91 Å². The van der Waals surface area contributed by atoms with Crippen molar-refractivity contribution in [2.75, 3.05) is 11.9 Å². The Kier molecular flexibility index (Phi) is 6.14. The van der Waals surface area contributed by atoms with Gasteiger partial charge in [-0.25, -0.2) is 0 Å². The van der Waals surface area contributed by atoms with Crippen molar-refractivity contribution in [3.63, 3.8) is 0 Å². The summed E-state index contributed by atoms with van der Waals surface area (Å²) in [6.45, 7) is 4.52. The van der Waals surface area contributed by atoms with Gasteiger partial charge in [0.25, 0.3) is 0 Å². The Labute approximate surface area is 113 Å². The van der Waals surface area contributed by atoms with E-state index in [0.717, 1.165) is 17.9 Å². The molecule has 4 nitrogen and oxygen atoms in total. The first-order chi connectivity index (χ1) is 8.65. The van der Waals surface area contributed by atoms with Crippen molar-refractivity contribution < 1.29 is 9.53 Å². The zero-order chi connectivity index (χ0) is 13.4. The number of hydrogen-bond acceptors (Lipinski definition) is 3. The van der Waals surface area contributed by atoms with E-state index in [1.807, 2.05) is 38.1 Å². The number of thiocarbonyl (C=S) groups is 1. The molecule has 1 aromatic rings. The largest absolute Gasteiger partial charge is 0.494 e. The molecule has 0 aliphatic rings. The van der Waals surface area contributed by atoms with E-state index in [4.69, 9.17) is 17.0 Å². The smallest absolute Gasteiger partial charge is 0.226 e. The van der Waals surface area contributed by atoms with Gasteiger partial charge in [0, 0.05) is 12.1 Å². The highest BCUT2D eigenvalue weighted by atomic mass is 32.1. The van der Waals surface area contributed by atoms with Gasteiger partial charge in [0.05, 0.1) is 6.61 Å². The molecule has 1 aromatic carbocycles. The molecule has 1 rings (SSSR count). The lowest BCUT2D eigenvalue weighted by atomic mass is 10.3. The first kappa shape index (κ1) is 14.4. The molecule has 0 saturated heterocycles. The summed E-state index contributed by atoms with van der Waals surface area (Å²) >= 11 is 5.04. The first-order valence-corrected chi connectivity index (χ1v) is 6.40. The lowest BCUT2D eigenvalue weighted by Crippen LogP contribution is -2.33. The van der Waals surface area contributed by atoms with Gasteiger partial charge < -0.3 is 15.4 Å². The Morgan fingerprint density at radius 2 is 1.94 bits per heavy atom. The normalized spacial score (nSPS) is 9.67. The van der Waals surface area contributed by atoms with Crippen molar-refractivity contribution in [1.82, 2.24) is 5.32 Å². The zero-order valence-electron chi connectivity index (χ0n) is 10.7. The fourth-order valence-corrected chi connectivity index (χ4v) is 1.61. The van der Waals surface area contributed by atoms with Crippen LogP contribution < -0.4 is 15.4 Å². The van der Waals surface area contributed by atoms with Crippen LogP contribution in [0, 0.1) is 0 Å². The Hall–Kier alpha value is -1.62. The summed E-state index contributed by atoms with van der Waals surface area (Å²) in [7, 11) is 0. The molecule has 0 fully saturated rings. The van der Waals surface area contributed by atoms with Gasteiger partial charge >= 0.3 is 0 Å². The van der Waals surface area contributed by atoms with Crippen molar-refractivity contribution in [1.29, 1.82) is 0 Å². The molecule has 5 heteroatoms. The number of ether oxygens (including phenoxy) is 1. The maximum absolute atomic E-state index is 11.3. The van der Waals surface area contributed by atoms with Gasteiger partial charge in [0.15, 0.2) is 5.11 Å². The Bertz CT molecular complexity index is 404. The number of nitrogens with one attached hydrogen (secondary N) is 2. The van der Waals surface area contributed by atoms with Gasteiger partial charge in [-0.15, -0.1) is 0 Å². The van der Waals surface area contributed by atoms with Gasteiger partial charge in [0.2, 0.25) is 5.91 Å². The average Bonchev–Trinajstić information content (AvgIpc) is 2.32. The van der Waals surface area contributed by atoms with Crippen molar-refractivity contribution >= 4 is 28.9 Å². The van der Waals surface area contributed by atoms with Crippen LogP contribution in [0.25, 0.3) is 0 Å². The summed E-state index contributed by atoms with van der Waals surface area (Å²) in [5.41, 5.74) is 0.820. The molecule has 0 spiro atoms. The van der Waals surface area contributed by atoms with Gasteiger partial charge in [-0.1, -0.05) is 6.92 Å². The molecule has 2 N–H and O–H groups in total. The molecule has 18 heavy (non-hydrogen) atoms. The van der Waals surface area contributed by atoms with Crippen LogP contribution in [-0.4, -0.2) is 17.6 Å². The molecule has 0 aliphatic heterocycles. The molecular formula is C13H18N2O2S. The summed E-state index contributed by atoms with van der Waals surface area (Å²) in [6, 6.07) is 7.40. The van der Waals surface area contributed by atoms with E-state index in [1.54, 1.807) is 0 Å². The van der Waals surface area contributed by atoms with Crippen LogP contribution in [0.5, 0.6) is 5.75 Å². The molecule has 0 atom stereocenters. The highest BCUT2D eigenvalue weighted by molar-refractivity contribution is 7.80. The van der Waals surface area contributed by atoms with Crippen LogP contribution in [0.4, 0.5) is 5.69 Å². The van der Waals surface area contributed by atoms with Gasteiger partial charge in [0.1, 0.15) is 5.75 Å². The number of anilines is 1. The van der Waals surface area contributed by atoms with Gasteiger partial charge in [-0.05, 0) is 49.8 Å². The minimum Gasteiger partial charge on any atom is -0.494 e. The summed E-state index contributed by atoms with van der Waals surface area (Å²) in [5.74, 6) is 0.741. The second kappa shape index (κ2) is 7.66. The number of carbonyl (C=O) groups is 1. The topological polar surface area (TPSA) is 50.4 Å². The third kappa shape index (κ3) is 5.14. The Morgan fingerprint density at radius 1 is 1.28 bits per heavy atom. The van der Waals surface area contributed by atoms with Crippen LogP contribution in [-0.2, 0) is 4.79 Å². The summed E-state index contributed by atoms with van der Waals surface area (Å²) in [6.07, 6.45) is 1.28. The van der Waals surface area contributed by atoms with Crippen LogP contribution in [0.1, 0.15) is 26.7 Å². The summed E-state index contributed by atoms with van der Waals surface area (Å²) in [4.78, 5) is 11.3. The first-order valence-electron chi connectivity index (χ1n) is 5.99. The van der Waals surface area contributed by atoms with E-state index in [9.17, 15) is 4.79 Å². The summed E-state index contributed by atoms with van der Waals surface area (Å²) < 4.78 is 5.33. The van der Waals surface area contributed by atoms with Crippen LogP contribution >= 0.6 is 12.2 Å². The third-order valence-electron chi connectivity index (χ3n) is 2.15. The lowest BCUT2D eigenvalue weighted by Gasteiger charge is -2.10. The van der Waals surface area contributed by atoms with Crippen LogP contribution in [0.15, 0.2) is 24.3 Å². The predicted octanol–water partition coefficient (Wildman–Crippen LogP) is 2.70. The number of carbonyl (C=O) groups excluding carboxylic acids is 1. The predicted molar refractivity (Wildman–Crippen MR) is 76.9 cm³/mol. The lowest BCUT2D eigenvalue weighted by molar-refractivity contribution is -0.119. The monoisotopic (exact) mass is 266 g/mol. The van der Waals surface area contributed by atoms with Crippen LogP contribution in [0.2, 0.25) is 0 Å². The number of rotatable bonds is 5. The van der Waals surface area contributed by atoms with Gasteiger partial charge in [-0.3, -0.25) is 4.79 Å². The quantitative estimate of drug-likeness (QED) is 0.805. The maximum Gasteiger partial charge on any atom is 0.226 e. The van der Waals surface area contributed by atoms with E-state index < -0.39 is 0 Å². The molecular weight excluding hydrogens is 248 g/mol.